The first kappa shape index (κ1) is 44.3. The minimum atomic E-state index is -0.910. The molecular formula is C48H56N6O7S. The van der Waals surface area contributed by atoms with Gasteiger partial charge in [0.25, 0.3) is 0 Å². The molecule has 7 rings (SSSR count). The zero-order valence-electron chi connectivity index (χ0n) is 35.9. The van der Waals surface area contributed by atoms with Crippen LogP contribution in [0.1, 0.15) is 112 Å². The number of ether oxygens (including phenoxy) is 1. The summed E-state index contributed by atoms with van der Waals surface area (Å²) in [6, 6.07) is 17.3. The highest BCUT2D eigenvalue weighted by Gasteiger charge is 2.44. The van der Waals surface area contributed by atoms with Gasteiger partial charge in [-0.05, 0) is 91.3 Å². The molecule has 1 aliphatic heterocycles. The average Bonchev–Trinajstić information content (AvgIpc) is 4.04. The average molecular weight is 861 g/mol. The second-order valence-electron chi connectivity index (χ2n) is 17.6. The van der Waals surface area contributed by atoms with Crippen molar-refractivity contribution in [3.63, 3.8) is 0 Å². The molecular weight excluding hydrogens is 805 g/mol. The summed E-state index contributed by atoms with van der Waals surface area (Å²) >= 11 is 1.58. The highest BCUT2D eigenvalue weighted by molar-refractivity contribution is 7.13. The van der Waals surface area contributed by atoms with Crippen molar-refractivity contribution >= 4 is 45.9 Å². The van der Waals surface area contributed by atoms with Gasteiger partial charge in [-0.3, -0.25) is 14.4 Å². The maximum absolute atomic E-state index is 14.0. The third kappa shape index (κ3) is 10.5. The number of aliphatic hydroxyl groups is 1. The Labute approximate surface area is 366 Å². The molecule has 3 atom stereocenters. The van der Waals surface area contributed by atoms with Crippen molar-refractivity contribution in [1.29, 1.82) is 0 Å². The van der Waals surface area contributed by atoms with E-state index in [2.05, 4.69) is 25.6 Å². The van der Waals surface area contributed by atoms with Crippen molar-refractivity contribution in [3.05, 3.63) is 94.9 Å². The number of benzene rings is 3. The molecule has 4 N–H and O–H groups in total. The fourth-order valence-corrected chi connectivity index (χ4v) is 9.42. The molecule has 13 nitrogen and oxygen atoms in total. The monoisotopic (exact) mass is 860 g/mol. The molecule has 14 heteroatoms. The van der Waals surface area contributed by atoms with Gasteiger partial charge in [-0.25, -0.2) is 19.7 Å². The number of aromatic carboxylic acids is 1. The van der Waals surface area contributed by atoms with E-state index >= 15 is 0 Å². The molecule has 3 unspecified atom stereocenters. The number of thiazole rings is 1. The number of aryl methyl sites for hydroxylation is 1. The fourth-order valence-electron chi connectivity index (χ4n) is 8.60. The molecule has 0 radical (unpaired) electrons. The van der Waals surface area contributed by atoms with Crippen LogP contribution in [0.15, 0.2) is 72.5 Å². The quantitative estimate of drug-likeness (QED) is 0.0714. The highest BCUT2D eigenvalue weighted by Crippen LogP contribution is 2.39. The minimum absolute atomic E-state index is 0.0111. The van der Waals surface area contributed by atoms with Gasteiger partial charge in [-0.1, -0.05) is 63.9 Å². The molecule has 3 aromatic carbocycles. The second-order valence-corrected chi connectivity index (χ2v) is 18.4. The Morgan fingerprint density at radius 3 is 2.40 bits per heavy atom. The topological polar surface area (TPSA) is 184 Å². The van der Waals surface area contributed by atoms with Gasteiger partial charge in [0.1, 0.15) is 24.2 Å². The lowest BCUT2D eigenvalue weighted by molar-refractivity contribution is -0.144. The molecule has 2 aliphatic rings. The molecule has 2 fully saturated rings. The Hall–Kier alpha value is -5.73. The Morgan fingerprint density at radius 1 is 0.935 bits per heavy atom. The summed E-state index contributed by atoms with van der Waals surface area (Å²) in [5.41, 5.74) is 7.64. The number of hydrogen-bond acceptors (Lipinski definition) is 10. The van der Waals surface area contributed by atoms with E-state index in [1.54, 1.807) is 17.4 Å². The van der Waals surface area contributed by atoms with Crippen molar-refractivity contribution in [2.45, 2.75) is 116 Å². The van der Waals surface area contributed by atoms with E-state index in [4.69, 9.17) is 4.74 Å². The number of amides is 3. The summed E-state index contributed by atoms with van der Waals surface area (Å²) in [5.74, 6) is -1.01. The van der Waals surface area contributed by atoms with Crippen LogP contribution in [0.25, 0.3) is 32.6 Å². The number of carboxylic acid groups (broad SMARTS) is 1. The number of hydrogen-bond donors (Lipinski definition) is 4. The van der Waals surface area contributed by atoms with Crippen molar-refractivity contribution in [2.24, 2.45) is 5.41 Å². The molecule has 1 saturated heterocycles. The van der Waals surface area contributed by atoms with Crippen LogP contribution in [0.4, 0.5) is 0 Å². The van der Waals surface area contributed by atoms with Gasteiger partial charge in [0.15, 0.2) is 0 Å². The maximum atomic E-state index is 14.0. The van der Waals surface area contributed by atoms with Crippen molar-refractivity contribution in [1.82, 2.24) is 30.5 Å². The van der Waals surface area contributed by atoms with E-state index in [1.165, 1.54) is 11.2 Å². The van der Waals surface area contributed by atoms with Gasteiger partial charge in [-0.15, -0.1) is 11.3 Å². The Morgan fingerprint density at radius 2 is 1.69 bits per heavy atom. The molecule has 5 aromatic rings. The number of aliphatic hydroxyl groups excluding tert-OH is 1. The predicted molar refractivity (Wildman–Crippen MR) is 239 cm³/mol. The van der Waals surface area contributed by atoms with Gasteiger partial charge >= 0.3 is 5.97 Å². The lowest BCUT2D eigenvalue weighted by atomic mass is 9.85. The summed E-state index contributed by atoms with van der Waals surface area (Å²) in [4.78, 5) is 68.6. The molecule has 3 heterocycles. The van der Waals surface area contributed by atoms with E-state index in [0.717, 1.165) is 81.5 Å². The van der Waals surface area contributed by atoms with Crippen LogP contribution in [-0.4, -0.2) is 85.1 Å². The number of unbranched alkanes of at least 4 members (excludes halogenated alkanes) is 2. The number of nitrogens with zero attached hydrogens (tertiary/aromatic N) is 4. The molecule has 3 amide bonds. The van der Waals surface area contributed by atoms with Crippen molar-refractivity contribution < 1.29 is 34.1 Å². The summed E-state index contributed by atoms with van der Waals surface area (Å²) < 4.78 is 6.06. The fraction of sp³-hybridized carbons (Fsp3) is 0.438. The number of carbonyl (C=O) groups is 4. The summed E-state index contributed by atoms with van der Waals surface area (Å²) in [7, 11) is 0. The summed E-state index contributed by atoms with van der Waals surface area (Å²) in [6.45, 7) is 8.31. The van der Waals surface area contributed by atoms with E-state index in [9.17, 15) is 29.4 Å². The zero-order chi connectivity index (χ0) is 44.0. The highest BCUT2D eigenvalue weighted by atomic mass is 32.1. The predicted octanol–water partition coefficient (Wildman–Crippen LogP) is 7.83. The van der Waals surface area contributed by atoms with Crippen LogP contribution in [-0.2, 0) is 20.9 Å². The first-order valence-electron chi connectivity index (χ1n) is 21.6. The van der Waals surface area contributed by atoms with Crippen LogP contribution in [0, 0.1) is 12.3 Å². The van der Waals surface area contributed by atoms with Crippen LogP contribution >= 0.6 is 11.3 Å². The Balaban J connectivity index is 0.881. The normalized spacial score (nSPS) is 17.3. The molecule has 1 saturated carbocycles. The van der Waals surface area contributed by atoms with Crippen LogP contribution in [0.2, 0.25) is 0 Å². The Bertz CT molecular complexity index is 2410. The maximum Gasteiger partial charge on any atom is 0.335 e. The molecule has 0 bridgehead atoms. The van der Waals surface area contributed by atoms with E-state index in [1.807, 2.05) is 87.8 Å². The number of carbonyl (C=O) groups excluding carboxylic acids is 3. The number of carboxylic acids is 1. The lowest BCUT2D eigenvalue weighted by Gasteiger charge is -2.35. The SMILES string of the molecule is Cc1ncsc1-c1ccc(CNC(=O)C2CC(O)CN2C(=O)C(NC(=O)CCCCCOc2ccc3c(-c4ccc(C(=O)O)c(C5CCCC5)c4)ncnc3c2)C(C)(C)C)cc1. The minimum Gasteiger partial charge on any atom is -0.494 e. The third-order valence-electron chi connectivity index (χ3n) is 12.0. The first-order valence-corrected chi connectivity index (χ1v) is 22.4. The standard InChI is InChI=1S/C48H56N6O7S/c1-29-43(62-28-52-29)32-15-13-30(14-16-32)25-49-45(57)40-23-34(55)26-54(40)46(58)44(48(2,3)4)53-41(56)12-6-5-9-21-61-35-18-20-37-39(24-35)50-27-51-42(37)33-17-19-36(47(59)60)38(22-33)31-10-7-8-11-31/h13-20,22,24,27-28,31,34,40,44,55H,5-12,21,23,25-26H2,1-4H3,(H,49,57)(H,53,56)(H,59,60). The van der Waals surface area contributed by atoms with E-state index in [0.29, 0.717) is 30.8 Å². The second kappa shape index (κ2) is 19.5. The van der Waals surface area contributed by atoms with E-state index < -0.39 is 35.5 Å². The number of aromatic nitrogens is 3. The third-order valence-corrected chi connectivity index (χ3v) is 13.0. The van der Waals surface area contributed by atoms with Gasteiger partial charge < -0.3 is 30.5 Å². The van der Waals surface area contributed by atoms with Gasteiger partial charge in [0, 0.05) is 42.9 Å². The first-order chi connectivity index (χ1) is 29.8. The van der Waals surface area contributed by atoms with E-state index in [-0.39, 0.29) is 43.7 Å². The zero-order valence-corrected chi connectivity index (χ0v) is 36.7. The molecule has 326 valence electrons. The largest absolute Gasteiger partial charge is 0.494 e. The number of β-amino-alcohol motifs (C(OH)–C–C–N with tert-alkyl or cyclic N) is 1. The molecule has 1 aliphatic carbocycles. The molecule has 0 spiro atoms. The Kier molecular flexibility index (Phi) is 14.0. The molecule has 2 aromatic heterocycles. The smallest absolute Gasteiger partial charge is 0.335 e. The summed E-state index contributed by atoms with van der Waals surface area (Å²) in [6.07, 6.45) is 7.22. The number of nitrogens with one attached hydrogen (secondary N) is 2. The number of rotatable bonds is 16. The van der Waals surface area contributed by atoms with Crippen LogP contribution in [0.5, 0.6) is 5.75 Å². The van der Waals surface area contributed by atoms with Gasteiger partial charge in [0.05, 0.1) is 45.6 Å². The van der Waals surface area contributed by atoms with Crippen LogP contribution in [0.3, 0.4) is 0 Å². The van der Waals surface area contributed by atoms with Gasteiger partial charge in [-0.2, -0.15) is 0 Å². The molecule has 62 heavy (non-hydrogen) atoms. The van der Waals surface area contributed by atoms with Gasteiger partial charge in [0.2, 0.25) is 17.7 Å². The van der Waals surface area contributed by atoms with Crippen LogP contribution < -0.4 is 15.4 Å². The van der Waals surface area contributed by atoms with Crippen molar-refractivity contribution in [2.75, 3.05) is 13.2 Å². The lowest BCUT2D eigenvalue weighted by Crippen LogP contribution is -2.57. The number of fused-ring (bicyclic) bond motifs is 1. The summed E-state index contributed by atoms with van der Waals surface area (Å²) in [5, 5.41) is 27.2. The number of likely N-dealkylation sites (tertiary alicyclic amines) is 1. The van der Waals surface area contributed by atoms with Crippen molar-refractivity contribution in [3.8, 4) is 27.4 Å².